The van der Waals surface area contributed by atoms with Crippen LogP contribution in [0.15, 0.2) is 12.3 Å². The van der Waals surface area contributed by atoms with Gasteiger partial charge in [-0.25, -0.2) is 0 Å². The van der Waals surface area contributed by atoms with Crippen molar-refractivity contribution in [3.63, 3.8) is 0 Å². The van der Waals surface area contributed by atoms with E-state index in [1.54, 1.807) is 4.90 Å². The molecule has 0 heterocycles. The molecular weight excluding hydrogens is 138 g/mol. The molecule has 0 fully saturated rings. The van der Waals surface area contributed by atoms with Gasteiger partial charge in [-0.2, -0.15) is 0 Å². The summed E-state index contributed by atoms with van der Waals surface area (Å²) in [5.74, 6) is 0.166. The van der Waals surface area contributed by atoms with Crippen molar-refractivity contribution in [2.75, 3.05) is 6.54 Å². The Morgan fingerprint density at radius 2 is 1.82 bits per heavy atom. The van der Waals surface area contributed by atoms with Gasteiger partial charge in [0.1, 0.15) is 0 Å². The van der Waals surface area contributed by atoms with Gasteiger partial charge < -0.3 is 4.90 Å². The van der Waals surface area contributed by atoms with Crippen molar-refractivity contribution in [2.45, 2.75) is 33.6 Å². The topological polar surface area (TPSA) is 20.3 Å². The van der Waals surface area contributed by atoms with Crippen molar-refractivity contribution in [3.8, 4) is 0 Å². The van der Waals surface area contributed by atoms with Crippen LogP contribution in [0.25, 0.3) is 0 Å². The molecule has 0 atom stereocenters. The summed E-state index contributed by atoms with van der Waals surface area (Å²) in [4.78, 5) is 12.9. The second-order valence-corrected chi connectivity index (χ2v) is 2.41. The maximum atomic E-state index is 11.2. The number of amides is 1. The number of hydrogen-bond donors (Lipinski definition) is 0. The summed E-state index contributed by atoms with van der Waals surface area (Å²) in [6.07, 6.45) is 1.41. The standard InChI is InChI=1S/C9H17NO/c1-5-8(4)10(7-3)9(11)6-2/h4-7H2,1-3H3. The van der Waals surface area contributed by atoms with Gasteiger partial charge in [0.25, 0.3) is 0 Å². The van der Waals surface area contributed by atoms with E-state index >= 15 is 0 Å². The first-order valence-corrected chi connectivity index (χ1v) is 4.15. The van der Waals surface area contributed by atoms with E-state index in [1.807, 2.05) is 20.8 Å². The molecule has 1 amide bonds. The highest BCUT2D eigenvalue weighted by Gasteiger charge is 2.10. The SMILES string of the molecule is C=C(CC)N(CC)C(=O)CC. The predicted molar refractivity (Wildman–Crippen MR) is 47.1 cm³/mol. The Morgan fingerprint density at radius 3 is 2.09 bits per heavy atom. The summed E-state index contributed by atoms with van der Waals surface area (Å²) in [6.45, 7) is 10.4. The molecule has 0 N–H and O–H groups in total. The maximum absolute atomic E-state index is 11.2. The third-order valence-electron chi connectivity index (χ3n) is 1.71. The Bertz CT molecular complexity index is 136. The summed E-state index contributed by atoms with van der Waals surface area (Å²) in [6, 6.07) is 0. The van der Waals surface area contributed by atoms with Crippen molar-refractivity contribution in [1.29, 1.82) is 0 Å². The second kappa shape index (κ2) is 4.94. The van der Waals surface area contributed by atoms with Gasteiger partial charge in [-0.1, -0.05) is 20.4 Å². The predicted octanol–water partition coefficient (Wildman–Crippen LogP) is 2.17. The quantitative estimate of drug-likeness (QED) is 0.609. The summed E-state index contributed by atoms with van der Waals surface area (Å²) in [7, 11) is 0. The van der Waals surface area contributed by atoms with Gasteiger partial charge in [-0.3, -0.25) is 4.79 Å². The van der Waals surface area contributed by atoms with Crippen molar-refractivity contribution < 1.29 is 4.79 Å². The Morgan fingerprint density at radius 1 is 1.27 bits per heavy atom. The summed E-state index contributed by atoms with van der Waals surface area (Å²) in [5, 5.41) is 0. The fourth-order valence-electron chi connectivity index (χ4n) is 0.958. The molecule has 0 aromatic rings. The van der Waals surface area contributed by atoms with Crippen LogP contribution in [0.3, 0.4) is 0 Å². The molecule has 0 aliphatic carbocycles. The fourth-order valence-corrected chi connectivity index (χ4v) is 0.958. The van der Waals surface area contributed by atoms with Crippen LogP contribution < -0.4 is 0 Å². The molecular formula is C9H17NO. The average Bonchev–Trinajstić information content (AvgIpc) is 2.05. The zero-order chi connectivity index (χ0) is 8.85. The molecule has 2 nitrogen and oxygen atoms in total. The maximum Gasteiger partial charge on any atom is 0.226 e. The molecule has 0 unspecified atom stereocenters. The van der Waals surface area contributed by atoms with E-state index < -0.39 is 0 Å². The van der Waals surface area contributed by atoms with Gasteiger partial charge in [0, 0.05) is 18.7 Å². The number of rotatable bonds is 4. The lowest BCUT2D eigenvalue weighted by Crippen LogP contribution is -2.28. The fraction of sp³-hybridized carbons (Fsp3) is 0.667. The smallest absolute Gasteiger partial charge is 0.226 e. The summed E-state index contributed by atoms with van der Waals surface area (Å²) < 4.78 is 0. The van der Waals surface area contributed by atoms with Crippen molar-refractivity contribution in [2.24, 2.45) is 0 Å². The molecule has 0 aliphatic rings. The van der Waals surface area contributed by atoms with E-state index in [-0.39, 0.29) is 5.91 Å². The van der Waals surface area contributed by atoms with Gasteiger partial charge in [-0.05, 0) is 13.3 Å². The van der Waals surface area contributed by atoms with Crippen LogP contribution in [0.5, 0.6) is 0 Å². The highest BCUT2D eigenvalue weighted by molar-refractivity contribution is 5.77. The molecule has 0 radical (unpaired) electrons. The number of nitrogens with zero attached hydrogens (tertiary/aromatic N) is 1. The van der Waals surface area contributed by atoms with Crippen molar-refractivity contribution >= 4 is 5.91 Å². The summed E-state index contributed by atoms with van der Waals surface area (Å²) in [5.41, 5.74) is 0.916. The third kappa shape index (κ3) is 2.74. The normalized spacial score (nSPS) is 9.36. The average molecular weight is 155 g/mol. The van der Waals surface area contributed by atoms with Crippen LogP contribution in [-0.4, -0.2) is 17.4 Å². The molecule has 0 aliphatic heterocycles. The first-order chi connectivity index (χ1) is 5.17. The van der Waals surface area contributed by atoms with Gasteiger partial charge in [0.2, 0.25) is 5.91 Å². The van der Waals surface area contributed by atoms with E-state index in [4.69, 9.17) is 0 Å². The molecule has 2 heteroatoms. The Labute approximate surface area is 68.9 Å². The highest BCUT2D eigenvalue weighted by atomic mass is 16.2. The Hall–Kier alpha value is -0.790. The molecule has 0 saturated heterocycles. The van der Waals surface area contributed by atoms with E-state index in [9.17, 15) is 4.79 Å². The molecule has 0 bridgehead atoms. The highest BCUT2D eigenvalue weighted by Crippen LogP contribution is 2.06. The van der Waals surface area contributed by atoms with Gasteiger partial charge in [0.15, 0.2) is 0 Å². The van der Waals surface area contributed by atoms with Crippen LogP contribution in [0.1, 0.15) is 33.6 Å². The van der Waals surface area contributed by atoms with Crippen molar-refractivity contribution in [3.05, 3.63) is 12.3 Å². The monoisotopic (exact) mass is 155 g/mol. The summed E-state index contributed by atoms with van der Waals surface area (Å²) >= 11 is 0. The first-order valence-electron chi connectivity index (χ1n) is 4.15. The van der Waals surface area contributed by atoms with Gasteiger partial charge >= 0.3 is 0 Å². The second-order valence-electron chi connectivity index (χ2n) is 2.41. The van der Waals surface area contributed by atoms with Gasteiger partial charge in [-0.15, -0.1) is 0 Å². The molecule has 64 valence electrons. The lowest BCUT2D eigenvalue weighted by atomic mass is 10.3. The Kier molecular flexibility index (Phi) is 4.59. The minimum atomic E-state index is 0.166. The van der Waals surface area contributed by atoms with Crippen LogP contribution in [-0.2, 0) is 4.79 Å². The lowest BCUT2D eigenvalue weighted by Gasteiger charge is -2.21. The molecule has 0 aromatic heterocycles. The first kappa shape index (κ1) is 10.2. The van der Waals surface area contributed by atoms with Gasteiger partial charge in [0.05, 0.1) is 0 Å². The van der Waals surface area contributed by atoms with Crippen molar-refractivity contribution in [1.82, 2.24) is 4.90 Å². The molecule has 0 saturated carbocycles. The number of carbonyl (C=O) groups is 1. The third-order valence-corrected chi connectivity index (χ3v) is 1.71. The van der Waals surface area contributed by atoms with E-state index in [1.165, 1.54) is 0 Å². The van der Waals surface area contributed by atoms with E-state index in [0.717, 1.165) is 18.7 Å². The number of carbonyl (C=O) groups excluding carboxylic acids is 1. The molecule has 0 rings (SSSR count). The molecule has 11 heavy (non-hydrogen) atoms. The minimum absolute atomic E-state index is 0.166. The van der Waals surface area contributed by atoms with E-state index in [2.05, 4.69) is 6.58 Å². The largest absolute Gasteiger partial charge is 0.317 e. The van der Waals surface area contributed by atoms with Crippen LogP contribution in [0.2, 0.25) is 0 Å². The lowest BCUT2D eigenvalue weighted by molar-refractivity contribution is -0.128. The number of allylic oxidation sites excluding steroid dienone is 1. The zero-order valence-corrected chi connectivity index (χ0v) is 7.68. The molecule has 0 spiro atoms. The number of hydrogen-bond acceptors (Lipinski definition) is 1. The van der Waals surface area contributed by atoms with E-state index in [0.29, 0.717) is 6.42 Å². The van der Waals surface area contributed by atoms with Crippen LogP contribution in [0.4, 0.5) is 0 Å². The zero-order valence-electron chi connectivity index (χ0n) is 7.68. The molecule has 0 aromatic carbocycles. The van der Waals surface area contributed by atoms with Crippen LogP contribution >= 0.6 is 0 Å². The van der Waals surface area contributed by atoms with Crippen LogP contribution in [0, 0.1) is 0 Å². The minimum Gasteiger partial charge on any atom is -0.317 e. The Balaban J connectivity index is 4.15.